The van der Waals surface area contributed by atoms with Crippen molar-refractivity contribution < 1.29 is 4.74 Å². The molecule has 0 fully saturated rings. The first-order valence-electron chi connectivity index (χ1n) is 4.89. The highest BCUT2D eigenvalue weighted by Crippen LogP contribution is 2.12. The average molecular weight is 195 g/mol. The van der Waals surface area contributed by atoms with E-state index in [1.807, 2.05) is 0 Å². The van der Waals surface area contributed by atoms with Crippen LogP contribution in [0.3, 0.4) is 0 Å². The van der Waals surface area contributed by atoms with Gasteiger partial charge in [-0.3, -0.25) is 0 Å². The zero-order valence-corrected chi connectivity index (χ0v) is 8.73. The summed E-state index contributed by atoms with van der Waals surface area (Å²) in [7, 11) is 0. The molecule has 0 aliphatic rings. The summed E-state index contributed by atoms with van der Waals surface area (Å²) < 4.78 is 5.41. The Morgan fingerprint density at radius 2 is 1.86 bits per heavy atom. The Morgan fingerprint density at radius 1 is 1.29 bits per heavy atom. The van der Waals surface area contributed by atoms with Gasteiger partial charge in [-0.15, -0.1) is 0 Å². The molecule has 1 aromatic rings. The van der Waals surface area contributed by atoms with Gasteiger partial charge in [0.1, 0.15) is 6.61 Å². The van der Waals surface area contributed by atoms with E-state index in [-0.39, 0.29) is 5.54 Å². The Hall–Kier alpha value is -1.16. The van der Waals surface area contributed by atoms with E-state index >= 15 is 0 Å². The van der Waals surface area contributed by atoms with Gasteiger partial charge in [0.25, 0.3) is 0 Å². The molecule has 0 saturated heterocycles. The second kappa shape index (κ2) is 4.91. The highest BCUT2D eigenvalue weighted by Gasteiger charge is 2.21. The molecule has 0 unspecified atom stereocenters. The monoisotopic (exact) mass is 195 g/mol. The molecule has 0 aliphatic carbocycles. The lowest BCUT2D eigenvalue weighted by atomic mass is 9.96. The Balaban J connectivity index is 2.48. The van der Waals surface area contributed by atoms with Crippen LogP contribution in [0.2, 0.25) is 0 Å². The van der Waals surface area contributed by atoms with Crippen LogP contribution in [0, 0.1) is 0 Å². The number of nitrogens with two attached hydrogens (primary N) is 1. The van der Waals surface area contributed by atoms with Crippen molar-refractivity contribution in [3.63, 3.8) is 0 Å². The number of rotatable bonds is 5. The van der Waals surface area contributed by atoms with Crippen molar-refractivity contribution >= 4 is 0 Å². The maximum Gasteiger partial charge on any atom is 0.316 e. The van der Waals surface area contributed by atoms with Gasteiger partial charge in [-0.2, -0.15) is 0 Å². The summed E-state index contributed by atoms with van der Waals surface area (Å²) in [4.78, 5) is 7.92. The standard InChI is InChI=1S/C10H17N3O/c1-3-10(11,4-2)8-14-9-12-6-5-7-13-9/h5-7H,3-4,8,11H2,1-2H3. The third-order valence-corrected chi connectivity index (χ3v) is 2.44. The van der Waals surface area contributed by atoms with E-state index in [2.05, 4.69) is 23.8 Å². The molecule has 0 amide bonds. The molecule has 78 valence electrons. The van der Waals surface area contributed by atoms with Gasteiger partial charge < -0.3 is 10.5 Å². The Bertz CT molecular complexity index is 259. The first kappa shape index (κ1) is 10.9. The first-order chi connectivity index (χ1) is 6.70. The minimum Gasteiger partial charge on any atom is -0.462 e. The van der Waals surface area contributed by atoms with Gasteiger partial charge in [0, 0.05) is 17.9 Å². The van der Waals surface area contributed by atoms with E-state index in [4.69, 9.17) is 10.5 Å². The Kier molecular flexibility index (Phi) is 3.83. The molecule has 4 nitrogen and oxygen atoms in total. The molecular weight excluding hydrogens is 178 g/mol. The lowest BCUT2D eigenvalue weighted by molar-refractivity contribution is 0.194. The van der Waals surface area contributed by atoms with Crippen molar-refractivity contribution in [3.8, 4) is 6.01 Å². The molecule has 0 saturated carbocycles. The third kappa shape index (κ3) is 2.96. The summed E-state index contributed by atoms with van der Waals surface area (Å²) in [6.45, 7) is 4.57. The first-order valence-corrected chi connectivity index (χ1v) is 4.89. The molecule has 0 radical (unpaired) electrons. The highest BCUT2D eigenvalue weighted by molar-refractivity contribution is 4.95. The van der Waals surface area contributed by atoms with E-state index in [1.54, 1.807) is 18.5 Å². The summed E-state index contributed by atoms with van der Waals surface area (Å²) in [5, 5.41) is 0. The minimum atomic E-state index is -0.265. The molecule has 0 aliphatic heterocycles. The molecule has 0 atom stereocenters. The molecule has 1 aromatic heterocycles. The number of ether oxygens (including phenoxy) is 1. The fraction of sp³-hybridized carbons (Fsp3) is 0.600. The molecule has 14 heavy (non-hydrogen) atoms. The molecule has 0 spiro atoms. The normalized spacial score (nSPS) is 11.4. The predicted molar refractivity (Wildman–Crippen MR) is 55.0 cm³/mol. The highest BCUT2D eigenvalue weighted by atomic mass is 16.5. The van der Waals surface area contributed by atoms with Crippen LogP contribution in [-0.2, 0) is 0 Å². The van der Waals surface area contributed by atoms with Gasteiger partial charge >= 0.3 is 6.01 Å². The van der Waals surface area contributed by atoms with Crippen molar-refractivity contribution in [1.29, 1.82) is 0 Å². The Labute approximate surface area is 84.5 Å². The molecule has 1 heterocycles. The van der Waals surface area contributed by atoms with Crippen LogP contribution in [-0.4, -0.2) is 22.1 Å². The summed E-state index contributed by atoms with van der Waals surface area (Å²) in [5.74, 6) is 0. The number of nitrogens with zero attached hydrogens (tertiary/aromatic N) is 2. The van der Waals surface area contributed by atoms with Crippen molar-refractivity contribution in [1.82, 2.24) is 9.97 Å². The van der Waals surface area contributed by atoms with Gasteiger partial charge in [-0.25, -0.2) is 9.97 Å². The summed E-state index contributed by atoms with van der Waals surface area (Å²) in [6, 6.07) is 2.14. The number of hydrogen-bond donors (Lipinski definition) is 1. The molecule has 0 aromatic carbocycles. The smallest absolute Gasteiger partial charge is 0.316 e. The van der Waals surface area contributed by atoms with E-state index in [9.17, 15) is 0 Å². The van der Waals surface area contributed by atoms with Crippen molar-refractivity contribution in [2.24, 2.45) is 5.73 Å². The zero-order chi connectivity index (χ0) is 10.4. The van der Waals surface area contributed by atoms with Gasteiger partial charge in [-0.05, 0) is 18.9 Å². The SMILES string of the molecule is CCC(N)(CC)COc1ncccn1. The van der Waals surface area contributed by atoms with E-state index < -0.39 is 0 Å². The maximum absolute atomic E-state index is 6.06. The van der Waals surface area contributed by atoms with Crippen LogP contribution in [0.15, 0.2) is 18.5 Å². The molecule has 2 N–H and O–H groups in total. The second-order valence-corrected chi connectivity index (χ2v) is 3.39. The van der Waals surface area contributed by atoms with Crippen molar-refractivity contribution in [2.75, 3.05) is 6.61 Å². The lowest BCUT2D eigenvalue weighted by Crippen LogP contribution is -2.44. The van der Waals surface area contributed by atoms with Crippen LogP contribution in [0.5, 0.6) is 6.01 Å². The summed E-state index contributed by atoms with van der Waals surface area (Å²) in [6.07, 6.45) is 5.07. The fourth-order valence-electron chi connectivity index (χ4n) is 1.02. The molecular formula is C10H17N3O. The topological polar surface area (TPSA) is 61.0 Å². The second-order valence-electron chi connectivity index (χ2n) is 3.39. The van der Waals surface area contributed by atoms with Crippen LogP contribution >= 0.6 is 0 Å². The zero-order valence-electron chi connectivity index (χ0n) is 8.73. The number of aromatic nitrogens is 2. The quantitative estimate of drug-likeness (QED) is 0.771. The number of hydrogen-bond acceptors (Lipinski definition) is 4. The van der Waals surface area contributed by atoms with Crippen LogP contribution in [0.1, 0.15) is 26.7 Å². The van der Waals surface area contributed by atoms with Crippen molar-refractivity contribution in [3.05, 3.63) is 18.5 Å². The minimum absolute atomic E-state index is 0.265. The van der Waals surface area contributed by atoms with E-state index in [0.29, 0.717) is 12.6 Å². The maximum atomic E-state index is 6.06. The van der Waals surface area contributed by atoms with Crippen molar-refractivity contribution in [2.45, 2.75) is 32.2 Å². The summed E-state index contributed by atoms with van der Waals surface area (Å²) >= 11 is 0. The van der Waals surface area contributed by atoms with Gasteiger partial charge in [0.2, 0.25) is 0 Å². The third-order valence-electron chi connectivity index (χ3n) is 2.44. The van der Waals surface area contributed by atoms with Gasteiger partial charge in [0.05, 0.1) is 0 Å². The molecule has 1 rings (SSSR count). The van der Waals surface area contributed by atoms with E-state index in [1.165, 1.54) is 0 Å². The molecule has 4 heteroatoms. The van der Waals surface area contributed by atoms with Gasteiger partial charge in [0.15, 0.2) is 0 Å². The molecule has 0 bridgehead atoms. The van der Waals surface area contributed by atoms with Crippen LogP contribution in [0.25, 0.3) is 0 Å². The van der Waals surface area contributed by atoms with E-state index in [0.717, 1.165) is 12.8 Å². The lowest BCUT2D eigenvalue weighted by Gasteiger charge is -2.25. The fourth-order valence-corrected chi connectivity index (χ4v) is 1.02. The van der Waals surface area contributed by atoms with Gasteiger partial charge in [-0.1, -0.05) is 13.8 Å². The Morgan fingerprint density at radius 3 is 2.36 bits per heavy atom. The average Bonchev–Trinajstić information content (AvgIpc) is 2.27. The largest absolute Gasteiger partial charge is 0.462 e. The predicted octanol–water partition coefficient (Wildman–Crippen LogP) is 1.37. The van der Waals surface area contributed by atoms with Crippen LogP contribution < -0.4 is 10.5 Å². The summed E-state index contributed by atoms with van der Waals surface area (Å²) in [5.41, 5.74) is 5.80. The van der Waals surface area contributed by atoms with Crippen LogP contribution in [0.4, 0.5) is 0 Å².